The number of carbonyl (C=O) groups excluding carboxylic acids is 1. The van der Waals surface area contributed by atoms with Gasteiger partial charge in [0.1, 0.15) is 0 Å². The molecule has 2 aromatic rings. The second-order valence-electron chi connectivity index (χ2n) is 5.22. The Kier molecular flexibility index (Phi) is 4.86. The van der Waals surface area contributed by atoms with Gasteiger partial charge in [-0.1, -0.05) is 35.9 Å². The molecule has 0 aliphatic rings. The van der Waals surface area contributed by atoms with Gasteiger partial charge in [0.25, 0.3) is 0 Å². The fourth-order valence-electron chi connectivity index (χ4n) is 2.29. The molecule has 0 heterocycles. The molecule has 2 N–H and O–H groups in total. The summed E-state index contributed by atoms with van der Waals surface area (Å²) in [6, 6.07) is 15.0. The summed E-state index contributed by atoms with van der Waals surface area (Å²) in [5.41, 5.74) is 8.39. The monoisotopic (exact) mass is 302 g/mol. The molecular formula is C17H19ClN2O. The molecule has 0 spiro atoms. The highest BCUT2D eigenvalue weighted by atomic mass is 35.5. The minimum absolute atomic E-state index is 0.0561. The number of rotatable bonds is 4. The number of likely N-dealkylation sites (N-methyl/N-ethyl adjacent to an activating group) is 1. The van der Waals surface area contributed by atoms with Gasteiger partial charge in [0.05, 0.1) is 5.92 Å². The summed E-state index contributed by atoms with van der Waals surface area (Å²) in [6.45, 7) is 2.43. The Hall–Kier alpha value is -2.00. The molecule has 2 aromatic carbocycles. The Balaban J connectivity index is 2.08. The van der Waals surface area contributed by atoms with Crippen LogP contribution in [0.15, 0.2) is 48.5 Å². The molecular weight excluding hydrogens is 284 g/mol. The highest BCUT2D eigenvalue weighted by Crippen LogP contribution is 2.21. The summed E-state index contributed by atoms with van der Waals surface area (Å²) in [6.07, 6.45) is 0. The summed E-state index contributed by atoms with van der Waals surface area (Å²) >= 11 is 5.97. The molecule has 2 rings (SSSR count). The van der Waals surface area contributed by atoms with E-state index in [0.717, 1.165) is 11.1 Å². The first-order chi connectivity index (χ1) is 9.97. The van der Waals surface area contributed by atoms with Crippen LogP contribution in [0.1, 0.15) is 24.0 Å². The van der Waals surface area contributed by atoms with E-state index in [1.807, 2.05) is 55.5 Å². The SMILES string of the molecule is CC(C(=O)N(C)Cc1cccc(Cl)c1)c1cccc(N)c1. The minimum Gasteiger partial charge on any atom is -0.399 e. The largest absolute Gasteiger partial charge is 0.399 e. The van der Waals surface area contributed by atoms with Crippen LogP contribution in [0.4, 0.5) is 5.69 Å². The molecule has 0 fully saturated rings. The molecule has 4 heteroatoms. The Morgan fingerprint density at radius 3 is 2.62 bits per heavy atom. The smallest absolute Gasteiger partial charge is 0.229 e. The normalized spacial score (nSPS) is 12.0. The van der Waals surface area contributed by atoms with Crippen LogP contribution >= 0.6 is 11.6 Å². The van der Waals surface area contributed by atoms with E-state index in [0.29, 0.717) is 17.3 Å². The Bertz CT molecular complexity index is 642. The Morgan fingerprint density at radius 2 is 1.95 bits per heavy atom. The van der Waals surface area contributed by atoms with Gasteiger partial charge in [-0.2, -0.15) is 0 Å². The molecule has 0 aliphatic carbocycles. The number of carbonyl (C=O) groups is 1. The number of amides is 1. The van der Waals surface area contributed by atoms with Crippen molar-refractivity contribution in [3.8, 4) is 0 Å². The van der Waals surface area contributed by atoms with Crippen molar-refractivity contribution in [1.29, 1.82) is 0 Å². The molecule has 110 valence electrons. The molecule has 1 atom stereocenters. The second-order valence-corrected chi connectivity index (χ2v) is 5.65. The number of nitrogens with zero attached hydrogens (tertiary/aromatic N) is 1. The van der Waals surface area contributed by atoms with Crippen molar-refractivity contribution in [3.63, 3.8) is 0 Å². The van der Waals surface area contributed by atoms with Gasteiger partial charge in [0.2, 0.25) is 5.91 Å². The standard InChI is InChI=1S/C17H19ClN2O/c1-12(14-6-4-8-16(19)10-14)17(21)20(2)11-13-5-3-7-15(18)9-13/h3-10,12H,11,19H2,1-2H3. The Labute approximate surface area is 130 Å². The first-order valence-corrected chi connectivity index (χ1v) is 7.20. The van der Waals surface area contributed by atoms with Crippen molar-refractivity contribution < 1.29 is 4.79 Å². The van der Waals surface area contributed by atoms with Crippen molar-refractivity contribution in [2.75, 3.05) is 12.8 Å². The van der Waals surface area contributed by atoms with Crippen molar-refractivity contribution >= 4 is 23.2 Å². The van der Waals surface area contributed by atoms with Gasteiger partial charge < -0.3 is 10.6 Å². The lowest BCUT2D eigenvalue weighted by Gasteiger charge is -2.22. The van der Waals surface area contributed by atoms with Crippen LogP contribution in [0.2, 0.25) is 5.02 Å². The quantitative estimate of drug-likeness (QED) is 0.876. The summed E-state index contributed by atoms with van der Waals surface area (Å²) in [7, 11) is 1.80. The van der Waals surface area contributed by atoms with E-state index < -0.39 is 0 Å². The highest BCUT2D eigenvalue weighted by molar-refractivity contribution is 6.30. The number of hydrogen-bond donors (Lipinski definition) is 1. The molecule has 0 saturated heterocycles. The number of nitrogens with two attached hydrogens (primary N) is 1. The molecule has 0 aliphatic heterocycles. The molecule has 1 amide bonds. The van der Waals surface area contributed by atoms with Crippen LogP contribution in [-0.2, 0) is 11.3 Å². The van der Waals surface area contributed by atoms with Gasteiger partial charge in [-0.05, 0) is 42.3 Å². The zero-order valence-corrected chi connectivity index (χ0v) is 13.0. The zero-order valence-electron chi connectivity index (χ0n) is 12.2. The van der Waals surface area contributed by atoms with Gasteiger partial charge >= 0.3 is 0 Å². The summed E-state index contributed by atoms with van der Waals surface area (Å²) in [4.78, 5) is 14.2. The van der Waals surface area contributed by atoms with Crippen LogP contribution < -0.4 is 5.73 Å². The third-order valence-electron chi connectivity index (χ3n) is 3.47. The lowest BCUT2D eigenvalue weighted by molar-refractivity contribution is -0.131. The zero-order chi connectivity index (χ0) is 15.4. The average Bonchev–Trinajstić information content (AvgIpc) is 2.45. The van der Waals surface area contributed by atoms with E-state index >= 15 is 0 Å². The van der Waals surface area contributed by atoms with Gasteiger partial charge in [-0.25, -0.2) is 0 Å². The van der Waals surface area contributed by atoms with Gasteiger partial charge in [-0.15, -0.1) is 0 Å². The maximum Gasteiger partial charge on any atom is 0.229 e. The first kappa shape index (κ1) is 15.4. The summed E-state index contributed by atoms with van der Waals surface area (Å²) in [5.74, 6) is -0.168. The van der Waals surface area contributed by atoms with Crippen molar-refractivity contribution in [3.05, 3.63) is 64.7 Å². The van der Waals surface area contributed by atoms with E-state index in [9.17, 15) is 4.79 Å². The van der Waals surface area contributed by atoms with Crippen LogP contribution in [0.5, 0.6) is 0 Å². The average molecular weight is 303 g/mol. The van der Waals surface area contributed by atoms with Crippen molar-refractivity contribution in [2.45, 2.75) is 19.4 Å². The fourth-order valence-corrected chi connectivity index (χ4v) is 2.50. The Morgan fingerprint density at radius 1 is 1.24 bits per heavy atom. The van der Waals surface area contributed by atoms with Crippen LogP contribution in [0, 0.1) is 0 Å². The number of anilines is 1. The van der Waals surface area contributed by atoms with Gasteiger partial charge in [-0.3, -0.25) is 4.79 Å². The topological polar surface area (TPSA) is 46.3 Å². The van der Waals surface area contributed by atoms with Crippen LogP contribution in [0.3, 0.4) is 0 Å². The van der Waals surface area contributed by atoms with Crippen LogP contribution in [-0.4, -0.2) is 17.9 Å². The predicted molar refractivity (Wildman–Crippen MR) is 87.2 cm³/mol. The van der Waals surface area contributed by atoms with Crippen molar-refractivity contribution in [1.82, 2.24) is 4.90 Å². The lowest BCUT2D eigenvalue weighted by Crippen LogP contribution is -2.30. The highest BCUT2D eigenvalue weighted by Gasteiger charge is 2.19. The number of hydrogen-bond acceptors (Lipinski definition) is 2. The molecule has 3 nitrogen and oxygen atoms in total. The van der Waals surface area contributed by atoms with Crippen LogP contribution in [0.25, 0.3) is 0 Å². The van der Waals surface area contributed by atoms with E-state index in [1.165, 1.54) is 0 Å². The maximum absolute atomic E-state index is 12.5. The van der Waals surface area contributed by atoms with Gasteiger partial charge in [0.15, 0.2) is 0 Å². The van der Waals surface area contributed by atoms with E-state index in [2.05, 4.69) is 0 Å². The molecule has 21 heavy (non-hydrogen) atoms. The van der Waals surface area contributed by atoms with Crippen molar-refractivity contribution in [2.24, 2.45) is 0 Å². The number of benzene rings is 2. The third kappa shape index (κ3) is 3.99. The molecule has 0 radical (unpaired) electrons. The van der Waals surface area contributed by atoms with E-state index in [-0.39, 0.29) is 11.8 Å². The fraction of sp³-hybridized carbons (Fsp3) is 0.235. The number of halogens is 1. The maximum atomic E-state index is 12.5. The molecule has 0 bridgehead atoms. The molecule has 1 unspecified atom stereocenters. The predicted octanol–water partition coefficient (Wildman–Crippen LogP) is 3.68. The molecule has 0 aromatic heterocycles. The summed E-state index contributed by atoms with van der Waals surface area (Å²) in [5, 5.41) is 0.678. The first-order valence-electron chi connectivity index (χ1n) is 6.82. The minimum atomic E-state index is -0.224. The molecule has 0 saturated carbocycles. The van der Waals surface area contributed by atoms with E-state index in [1.54, 1.807) is 11.9 Å². The van der Waals surface area contributed by atoms with Gasteiger partial charge in [0, 0.05) is 24.3 Å². The summed E-state index contributed by atoms with van der Waals surface area (Å²) < 4.78 is 0. The number of nitrogen functional groups attached to an aromatic ring is 1. The lowest BCUT2D eigenvalue weighted by atomic mass is 9.99. The second kappa shape index (κ2) is 6.64. The van der Waals surface area contributed by atoms with E-state index in [4.69, 9.17) is 17.3 Å². The third-order valence-corrected chi connectivity index (χ3v) is 3.70.